The topological polar surface area (TPSA) is 20.2 Å². The lowest BCUT2D eigenvalue weighted by molar-refractivity contribution is 0.0291. The van der Waals surface area contributed by atoms with Crippen LogP contribution in [0.25, 0.3) is 0 Å². The van der Waals surface area contributed by atoms with E-state index in [-0.39, 0.29) is 5.92 Å². The van der Waals surface area contributed by atoms with Crippen LogP contribution in [-0.2, 0) is 0 Å². The second-order valence-electron chi connectivity index (χ2n) is 4.40. The molecule has 1 nitrogen and oxygen atoms in total. The van der Waals surface area contributed by atoms with E-state index in [1.165, 1.54) is 12.0 Å². The van der Waals surface area contributed by atoms with Gasteiger partial charge in [-0.3, -0.25) is 0 Å². The Kier molecular flexibility index (Phi) is 2.92. The van der Waals surface area contributed by atoms with E-state index >= 15 is 0 Å². The largest absolute Gasteiger partial charge is 0.385 e. The molecule has 1 saturated carbocycles. The molecule has 0 amide bonds. The van der Waals surface area contributed by atoms with Crippen LogP contribution in [0.1, 0.15) is 37.2 Å². The van der Waals surface area contributed by atoms with E-state index in [0.717, 1.165) is 19.3 Å². The lowest BCUT2D eigenvalue weighted by atomic mass is 9.72. The molecule has 1 N–H and O–H groups in total. The van der Waals surface area contributed by atoms with Gasteiger partial charge >= 0.3 is 0 Å². The van der Waals surface area contributed by atoms with Gasteiger partial charge in [-0.1, -0.05) is 49.2 Å². The van der Waals surface area contributed by atoms with Crippen LogP contribution >= 0.6 is 0 Å². The molecule has 0 bridgehead atoms. The molecule has 0 radical (unpaired) electrons. The summed E-state index contributed by atoms with van der Waals surface area (Å²) >= 11 is 0. The molecule has 1 heteroatoms. The highest BCUT2D eigenvalue weighted by molar-refractivity contribution is 5.26. The van der Waals surface area contributed by atoms with Gasteiger partial charge in [0.1, 0.15) is 0 Å². The minimum Gasteiger partial charge on any atom is -0.385 e. The summed E-state index contributed by atoms with van der Waals surface area (Å²) in [5.41, 5.74) is 0.541. The molecule has 0 heterocycles. The van der Waals surface area contributed by atoms with E-state index in [2.05, 4.69) is 18.7 Å². The summed E-state index contributed by atoms with van der Waals surface area (Å²) in [5.74, 6) is 0.227. The fraction of sp³-hybridized carbons (Fsp3) is 0.429. The molecule has 15 heavy (non-hydrogen) atoms. The predicted octanol–water partition coefficient (Wildman–Crippen LogP) is 3.26. The maximum absolute atomic E-state index is 10.5. The van der Waals surface area contributed by atoms with Crippen LogP contribution in [0.4, 0.5) is 0 Å². The zero-order chi connectivity index (χ0) is 10.7. The highest BCUT2D eigenvalue weighted by Gasteiger charge is 2.36. The fourth-order valence-corrected chi connectivity index (χ4v) is 2.57. The highest BCUT2D eigenvalue weighted by Crippen LogP contribution is 2.41. The Hall–Kier alpha value is -1.08. The summed E-state index contributed by atoms with van der Waals surface area (Å²) in [6, 6.07) is 10.3. The highest BCUT2D eigenvalue weighted by atomic mass is 16.3. The van der Waals surface area contributed by atoms with Gasteiger partial charge in [-0.25, -0.2) is 0 Å². The number of hydrogen-bond acceptors (Lipinski definition) is 1. The molecule has 0 aliphatic heterocycles. The van der Waals surface area contributed by atoms with E-state index in [1.54, 1.807) is 6.08 Å². The van der Waals surface area contributed by atoms with Gasteiger partial charge in [0.15, 0.2) is 0 Å². The third kappa shape index (κ3) is 1.98. The van der Waals surface area contributed by atoms with Gasteiger partial charge in [0, 0.05) is 5.92 Å². The molecule has 2 rings (SSSR count). The van der Waals surface area contributed by atoms with Crippen molar-refractivity contribution in [1.29, 1.82) is 0 Å². The Morgan fingerprint density at radius 3 is 2.67 bits per heavy atom. The van der Waals surface area contributed by atoms with Crippen molar-refractivity contribution in [2.24, 2.45) is 0 Å². The molecule has 0 saturated heterocycles. The smallest absolute Gasteiger partial charge is 0.0893 e. The summed E-state index contributed by atoms with van der Waals surface area (Å²) in [6.07, 6.45) is 5.94. The van der Waals surface area contributed by atoms with Crippen LogP contribution in [0.5, 0.6) is 0 Å². The van der Waals surface area contributed by atoms with Crippen molar-refractivity contribution in [3.63, 3.8) is 0 Å². The van der Waals surface area contributed by atoms with Crippen LogP contribution < -0.4 is 0 Å². The third-order valence-corrected chi connectivity index (χ3v) is 3.48. The molecule has 1 aromatic carbocycles. The summed E-state index contributed by atoms with van der Waals surface area (Å²) < 4.78 is 0. The summed E-state index contributed by atoms with van der Waals surface area (Å²) in [4.78, 5) is 0. The van der Waals surface area contributed by atoms with Gasteiger partial charge in [0.2, 0.25) is 0 Å². The van der Waals surface area contributed by atoms with E-state index in [1.807, 2.05) is 18.2 Å². The van der Waals surface area contributed by atoms with E-state index < -0.39 is 5.60 Å². The second kappa shape index (κ2) is 4.19. The van der Waals surface area contributed by atoms with Crippen molar-refractivity contribution in [2.75, 3.05) is 0 Å². The van der Waals surface area contributed by atoms with Crippen molar-refractivity contribution < 1.29 is 5.11 Å². The minimum atomic E-state index is -0.695. The quantitative estimate of drug-likeness (QED) is 0.730. The van der Waals surface area contributed by atoms with E-state index in [0.29, 0.717) is 0 Å². The Morgan fingerprint density at radius 1 is 1.27 bits per heavy atom. The lowest BCUT2D eigenvalue weighted by Gasteiger charge is -2.38. The van der Waals surface area contributed by atoms with Crippen LogP contribution in [-0.4, -0.2) is 10.7 Å². The first kappa shape index (κ1) is 10.4. The minimum absolute atomic E-state index is 0.227. The van der Waals surface area contributed by atoms with Gasteiger partial charge in [-0.2, -0.15) is 0 Å². The number of hydrogen-bond donors (Lipinski definition) is 1. The molecule has 1 fully saturated rings. The van der Waals surface area contributed by atoms with E-state index in [9.17, 15) is 5.11 Å². The van der Waals surface area contributed by atoms with E-state index in [4.69, 9.17) is 0 Å². The van der Waals surface area contributed by atoms with Crippen molar-refractivity contribution >= 4 is 0 Å². The fourth-order valence-electron chi connectivity index (χ4n) is 2.57. The zero-order valence-electron chi connectivity index (χ0n) is 9.02. The Bertz CT molecular complexity index is 330. The molecule has 0 aromatic heterocycles. The third-order valence-electron chi connectivity index (χ3n) is 3.48. The first-order chi connectivity index (χ1) is 7.26. The second-order valence-corrected chi connectivity index (χ2v) is 4.40. The number of aliphatic hydroxyl groups is 1. The Labute approximate surface area is 91.4 Å². The van der Waals surface area contributed by atoms with Gasteiger partial charge < -0.3 is 5.11 Å². The predicted molar refractivity (Wildman–Crippen MR) is 62.8 cm³/mol. The van der Waals surface area contributed by atoms with Crippen LogP contribution in [0, 0.1) is 0 Å². The summed E-state index contributed by atoms with van der Waals surface area (Å²) in [6.45, 7) is 3.78. The number of rotatable bonds is 2. The van der Waals surface area contributed by atoms with Crippen molar-refractivity contribution in [1.82, 2.24) is 0 Å². The van der Waals surface area contributed by atoms with Crippen molar-refractivity contribution in [3.05, 3.63) is 48.6 Å². The molecule has 0 spiro atoms. The molecule has 1 aromatic rings. The average molecular weight is 202 g/mol. The maximum atomic E-state index is 10.5. The summed E-state index contributed by atoms with van der Waals surface area (Å²) in [5, 5.41) is 10.5. The average Bonchev–Trinajstić information content (AvgIpc) is 2.31. The molecule has 80 valence electrons. The van der Waals surface area contributed by atoms with Crippen molar-refractivity contribution in [2.45, 2.75) is 37.2 Å². The monoisotopic (exact) mass is 202 g/mol. The molecule has 2 atom stereocenters. The van der Waals surface area contributed by atoms with Gasteiger partial charge in [-0.05, 0) is 18.4 Å². The first-order valence-corrected chi connectivity index (χ1v) is 5.67. The normalized spacial score (nSPS) is 31.1. The molecule has 1 aliphatic rings. The first-order valence-electron chi connectivity index (χ1n) is 5.67. The Morgan fingerprint density at radius 2 is 2.00 bits per heavy atom. The van der Waals surface area contributed by atoms with Crippen LogP contribution in [0.2, 0.25) is 0 Å². The zero-order valence-corrected chi connectivity index (χ0v) is 9.02. The van der Waals surface area contributed by atoms with Crippen molar-refractivity contribution in [3.8, 4) is 0 Å². The summed E-state index contributed by atoms with van der Waals surface area (Å²) in [7, 11) is 0. The van der Waals surface area contributed by atoms with Crippen LogP contribution in [0.15, 0.2) is 43.0 Å². The molecular weight excluding hydrogens is 184 g/mol. The number of benzene rings is 1. The molecule has 2 unspecified atom stereocenters. The van der Waals surface area contributed by atoms with Crippen LogP contribution in [0.3, 0.4) is 0 Å². The maximum Gasteiger partial charge on any atom is 0.0893 e. The lowest BCUT2D eigenvalue weighted by Crippen LogP contribution is -2.36. The van der Waals surface area contributed by atoms with Gasteiger partial charge in [0.05, 0.1) is 5.60 Å². The Balaban J connectivity index is 2.30. The standard InChI is InChI=1S/C14H18O/c1-2-14(15)11-7-6-10-13(14)12-8-4-3-5-9-12/h2-5,8-9,13,15H,1,6-7,10-11H2. The van der Waals surface area contributed by atoms with Gasteiger partial charge in [-0.15, -0.1) is 6.58 Å². The molecule has 1 aliphatic carbocycles. The SMILES string of the molecule is C=CC1(O)CCCCC1c1ccccc1. The molecular formula is C14H18O. The van der Waals surface area contributed by atoms with Gasteiger partial charge in [0.25, 0.3) is 0 Å².